The fourth-order valence-electron chi connectivity index (χ4n) is 2.45. The van der Waals surface area contributed by atoms with Crippen LogP contribution in [0.2, 0.25) is 0 Å². The fraction of sp³-hybridized carbons (Fsp3) is 0.200. The lowest BCUT2D eigenvalue weighted by Crippen LogP contribution is -2.11. The summed E-state index contributed by atoms with van der Waals surface area (Å²) in [6.07, 6.45) is 0. The zero-order chi connectivity index (χ0) is 12.5. The molecule has 3 heteroatoms. The zero-order valence-corrected chi connectivity index (χ0v) is 11.3. The Bertz CT molecular complexity index is 634. The van der Waals surface area contributed by atoms with Crippen molar-refractivity contribution in [3.63, 3.8) is 0 Å². The normalized spacial score (nSPS) is 13.2. The number of hydrogen-bond donors (Lipinski definition) is 0. The summed E-state index contributed by atoms with van der Waals surface area (Å²) >= 11 is 12.0. The van der Waals surface area contributed by atoms with Gasteiger partial charge < -0.3 is 4.57 Å². The minimum Gasteiger partial charge on any atom is -0.339 e. The molecule has 0 bridgehead atoms. The van der Waals surface area contributed by atoms with E-state index < -0.39 is 0 Å². The average Bonchev–Trinajstić information content (AvgIpc) is 2.74. The summed E-state index contributed by atoms with van der Waals surface area (Å²) in [5.74, 6) is 0.461. The highest BCUT2D eigenvalue weighted by Crippen LogP contribution is 2.29. The molecule has 1 aromatic heterocycles. The number of aromatic nitrogens is 1. The molecule has 0 aliphatic carbocycles. The second-order valence-electron chi connectivity index (χ2n) is 4.40. The van der Waals surface area contributed by atoms with Gasteiger partial charge >= 0.3 is 0 Å². The number of benzene rings is 2. The molecule has 1 unspecified atom stereocenters. The van der Waals surface area contributed by atoms with Crippen molar-refractivity contribution in [3.05, 3.63) is 48.5 Å². The molecule has 1 nitrogen and oxygen atoms in total. The average molecular weight is 278 g/mol. The molecule has 0 fully saturated rings. The third kappa shape index (κ3) is 1.88. The van der Waals surface area contributed by atoms with Crippen LogP contribution in [0.5, 0.6) is 0 Å². The lowest BCUT2D eigenvalue weighted by molar-refractivity contribution is 0.735. The summed E-state index contributed by atoms with van der Waals surface area (Å²) in [6, 6.07) is 16.8. The molecule has 0 spiro atoms. The number of nitrogens with zero attached hydrogens (tertiary/aromatic N) is 1. The standard InChI is InChI=1S/C15H13Cl2N/c16-9-11(17)10-18-14-7-3-1-5-12(14)13-6-2-4-8-15(13)18/h1-8,11H,9-10H2. The molecule has 0 amide bonds. The Morgan fingerprint density at radius 3 is 1.89 bits per heavy atom. The number of hydrogen-bond acceptors (Lipinski definition) is 0. The van der Waals surface area contributed by atoms with Gasteiger partial charge in [0.1, 0.15) is 0 Å². The molecule has 0 saturated heterocycles. The van der Waals surface area contributed by atoms with Gasteiger partial charge in [-0.2, -0.15) is 0 Å². The molecule has 1 atom stereocenters. The minimum absolute atomic E-state index is 0.0501. The molecule has 2 aromatic carbocycles. The highest BCUT2D eigenvalue weighted by Gasteiger charge is 2.12. The van der Waals surface area contributed by atoms with Crippen molar-refractivity contribution >= 4 is 45.0 Å². The molecule has 3 rings (SSSR count). The first-order chi connectivity index (χ1) is 8.81. The number of rotatable bonds is 3. The molecule has 0 N–H and O–H groups in total. The topological polar surface area (TPSA) is 4.93 Å². The zero-order valence-electron chi connectivity index (χ0n) is 9.81. The van der Waals surface area contributed by atoms with Gasteiger partial charge in [0.2, 0.25) is 0 Å². The molecular formula is C15H13Cl2N. The first-order valence-electron chi connectivity index (χ1n) is 5.97. The van der Waals surface area contributed by atoms with Gasteiger partial charge in [-0.1, -0.05) is 36.4 Å². The summed E-state index contributed by atoms with van der Waals surface area (Å²) in [5, 5.41) is 2.49. The maximum Gasteiger partial charge on any atom is 0.0650 e. The molecule has 0 radical (unpaired) electrons. The second kappa shape index (κ2) is 4.83. The number of para-hydroxylation sites is 2. The summed E-state index contributed by atoms with van der Waals surface area (Å²) < 4.78 is 2.25. The third-order valence-corrected chi connectivity index (χ3v) is 4.05. The van der Waals surface area contributed by atoms with Crippen LogP contribution in [-0.4, -0.2) is 15.8 Å². The van der Waals surface area contributed by atoms with Crippen LogP contribution in [0, 0.1) is 0 Å². The summed E-state index contributed by atoms with van der Waals surface area (Å²) in [4.78, 5) is 0. The smallest absolute Gasteiger partial charge is 0.0650 e. The van der Waals surface area contributed by atoms with E-state index in [2.05, 4.69) is 53.1 Å². The summed E-state index contributed by atoms with van der Waals surface area (Å²) in [5.41, 5.74) is 2.43. The maximum absolute atomic E-state index is 6.20. The van der Waals surface area contributed by atoms with Gasteiger partial charge in [-0.3, -0.25) is 0 Å². The molecule has 0 saturated carbocycles. The summed E-state index contributed by atoms with van der Waals surface area (Å²) in [6.45, 7) is 0.735. The Balaban J connectivity index is 2.31. The fourth-order valence-corrected chi connectivity index (χ4v) is 2.68. The lowest BCUT2D eigenvalue weighted by Gasteiger charge is -2.10. The lowest BCUT2D eigenvalue weighted by atomic mass is 10.2. The molecular weight excluding hydrogens is 265 g/mol. The molecule has 0 aliphatic rings. The van der Waals surface area contributed by atoms with Gasteiger partial charge in [0.15, 0.2) is 0 Å². The van der Waals surface area contributed by atoms with E-state index in [1.165, 1.54) is 21.8 Å². The van der Waals surface area contributed by atoms with Crippen LogP contribution in [0.1, 0.15) is 0 Å². The van der Waals surface area contributed by atoms with Crippen molar-refractivity contribution in [3.8, 4) is 0 Å². The Kier molecular flexibility index (Phi) is 3.19. The highest BCUT2D eigenvalue weighted by molar-refractivity contribution is 6.28. The van der Waals surface area contributed by atoms with Crippen LogP contribution in [0.15, 0.2) is 48.5 Å². The molecule has 3 aromatic rings. The first kappa shape index (κ1) is 11.9. The molecule has 0 aliphatic heterocycles. The monoisotopic (exact) mass is 277 g/mol. The predicted octanol–water partition coefficient (Wildman–Crippen LogP) is 4.64. The largest absolute Gasteiger partial charge is 0.339 e. The Hall–Kier alpha value is -1.18. The van der Waals surface area contributed by atoms with Crippen molar-refractivity contribution < 1.29 is 0 Å². The van der Waals surface area contributed by atoms with E-state index in [0.717, 1.165) is 6.54 Å². The van der Waals surface area contributed by atoms with E-state index in [0.29, 0.717) is 5.88 Å². The quantitative estimate of drug-likeness (QED) is 0.615. The van der Waals surface area contributed by atoms with E-state index in [9.17, 15) is 0 Å². The highest BCUT2D eigenvalue weighted by atomic mass is 35.5. The van der Waals surface area contributed by atoms with Crippen LogP contribution >= 0.6 is 23.2 Å². The van der Waals surface area contributed by atoms with Crippen molar-refractivity contribution in [1.82, 2.24) is 4.57 Å². The number of fused-ring (bicyclic) bond motifs is 3. The molecule has 18 heavy (non-hydrogen) atoms. The van der Waals surface area contributed by atoms with E-state index in [-0.39, 0.29) is 5.38 Å². The van der Waals surface area contributed by atoms with Crippen LogP contribution < -0.4 is 0 Å². The Labute approximate surface area is 116 Å². The van der Waals surface area contributed by atoms with Gasteiger partial charge in [0.25, 0.3) is 0 Å². The van der Waals surface area contributed by atoms with Crippen LogP contribution in [0.4, 0.5) is 0 Å². The van der Waals surface area contributed by atoms with Gasteiger partial charge in [-0.05, 0) is 12.1 Å². The maximum atomic E-state index is 6.20. The molecule has 92 valence electrons. The van der Waals surface area contributed by atoms with Crippen LogP contribution in [0.3, 0.4) is 0 Å². The van der Waals surface area contributed by atoms with E-state index in [1.54, 1.807) is 0 Å². The van der Waals surface area contributed by atoms with Gasteiger partial charge in [-0.15, -0.1) is 23.2 Å². The van der Waals surface area contributed by atoms with Gasteiger partial charge in [0, 0.05) is 34.2 Å². The van der Waals surface area contributed by atoms with E-state index in [4.69, 9.17) is 23.2 Å². The van der Waals surface area contributed by atoms with Crippen molar-refractivity contribution in [1.29, 1.82) is 0 Å². The van der Waals surface area contributed by atoms with Crippen molar-refractivity contribution in [2.24, 2.45) is 0 Å². The Morgan fingerprint density at radius 2 is 1.39 bits per heavy atom. The number of halogens is 2. The minimum atomic E-state index is -0.0501. The SMILES string of the molecule is ClCC(Cl)Cn1c2ccccc2c2ccccc21. The Morgan fingerprint density at radius 1 is 0.889 bits per heavy atom. The van der Waals surface area contributed by atoms with Gasteiger partial charge in [0.05, 0.1) is 5.38 Å². The second-order valence-corrected chi connectivity index (χ2v) is 5.32. The summed E-state index contributed by atoms with van der Waals surface area (Å²) in [7, 11) is 0. The molecule has 1 heterocycles. The van der Waals surface area contributed by atoms with E-state index >= 15 is 0 Å². The predicted molar refractivity (Wildman–Crippen MR) is 79.8 cm³/mol. The van der Waals surface area contributed by atoms with Crippen LogP contribution in [-0.2, 0) is 6.54 Å². The van der Waals surface area contributed by atoms with Crippen LogP contribution in [0.25, 0.3) is 21.8 Å². The number of alkyl halides is 2. The third-order valence-electron chi connectivity index (χ3n) is 3.23. The van der Waals surface area contributed by atoms with Gasteiger partial charge in [-0.25, -0.2) is 0 Å². The first-order valence-corrected chi connectivity index (χ1v) is 6.94. The van der Waals surface area contributed by atoms with Crippen molar-refractivity contribution in [2.45, 2.75) is 11.9 Å². The van der Waals surface area contributed by atoms with E-state index in [1.807, 2.05) is 0 Å². The van der Waals surface area contributed by atoms with Crippen molar-refractivity contribution in [2.75, 3.05) is 5.88 Å².